The van der Waals surface area contributed by atoms with E-state index >= 15 is 0 Å². The predicted molar refractivity (Wildman–Crippen MR) is 109 cm³/mol. The number of hydrogen-bond acceptors (Lipinski definition) is 3. The molecule has 1 heterocycles. The molecular formula is C21H20BrNO3. The lowest BCUT2D eigenvalue weighted by Crippen LogP contribution is -2.08. The molecule has 4 nitrogen and oxygen atoms in total. The molecule has 1 amide bonds. The number of hydrogen-bond donors (Lipinski definition) is 1. The molecule has 0 saturated heterocycles. The maximum Gasteiger partial charge on any atom is 0.248 e. The number of amides is 1. The highest BCUT2D eigenvalue weighted by Gasteiger charge is 2.13. The van der Waals surface area contributed by atoms with E-state index in [4.69, 9.17) is 9.15 Å². The molecule has 26 heavy (non-hydrogen) atoms. The van der Waals surface area contributed by atoms with Crippen LogP contribution in [0.1, 0.15) is 25.0 Å². The number of rotatable bonds is 5. The van der Waals surface area contributed by atoms with E-state index in [-0.39, 0.29) is 5.91 Å². The minimum atomic E-state index is -0.184. The summed E-state index contributed by atoms with van der Waals surface area (Å²) in [6.45, 7) is 6.37. The first-order chi connectivity index (χ1) is 12.5. The third kappa shape index (κ3) is 3.99. The molecule has 1 aromatic heterocycles. The number of anilines is 1. The van der Waals surface area contributed by atoms with Gasteiger partial charge in [0.25, 0.3) is 0 Å². The summed E-state index contributed by atoms with van der Waals surface area (Å²) in [4.78, 5) is 12.4. The average molecular weight is 414 g/mol. The van der Waals surface area contributed by atoms with Crippen LogP contribution < -0.4 is 10.1 Å². The largest absolute Gasteiger partial charge is 0.493 e. The smallest absolute Gasteiger partial charge is 0.248 e. The van der Waals surface area contributed by atoms with E-state index in [1.165, 1.54) is 0 Å². The fourth-order valence-electron chi connectivity index (χ4n) is 2.75. The van der Waals surface area contributed by atoms with Gasteiger partial charge in [0, 0.05) is 33.3 Å². The zero-order chi connectivity index (χ0) is 18.7. The van der Waals surface area contributed by atoms with E-state index < -0.39 is 0 Å². The average Bonchev–Trinajstić information content (AvgIpc) is 2.97. The summed E-state index contributed by atoms with van der Waals surface area (Å²) in [5.41, 5.74) is 4.28. The third-order valence-electron chi connectivity index (χ3n) is 4.05. The maximum atomic E-state index is 12.4. The minimum absolute atomic E-state index is 0.184. The van der Waals surface area contributed by atoms with Crippen molar-refractivity contribution in [2.75, 3.05) is 11.9 Å². The van der Waals surface area contributed by atoms with Crippen LogP contribution in [0.2, 0.25) is 0 Å². The van der Waals surface area contributed by atoms with Gasteiger partial charge in [-0.15, -0.1) is 0 Å². The number of fused-ring (bicyclic) bond motifs is 1. The summed E-state index contributed by atoms with van der Waals surface area (Å²) in [5.74, 6) is 0.524. The van der Waals surface area contributed by atoms with Crippen LogP contribution >= 0.6 is 15.9 Å². The second-order valence-electron chi connectivity index (χ2n) is 6.02. The van der Waals surface area contributed by atoms with E-state index in [0.717, 1.165) is 37.8 Å². The lowest BCUT2D eigenvalue weighted by atomic mass is 10.0. The van der Waals surface area contributed by atoms with Gasteiger partial charge < -0.3 is 14.5 Å². The van der Waals surface area contributed by atoms with Crippen molar-refractivity contribution < 1.29 is 13.9 Å². The lowest BCUT2D eigenvalue weighted by molar-refractivity contribution is -0.111. The van der Waals surface area contributed by atoms with E-state index in [0.29, 0.717) is 12.4 Å². The first-order valence-electron chi connectivity index (χ1n) is 8.37. The number of carbonyl (C=O) groups excluding carboxylic acids is 1. The molecule has 1 N–H and O–H groups in total. The Morgan fingerprint density at radius 1 is 1.27 bits per heavy atom. The molecule has 2 aromatic carbocycles. The van der Waals surface area contributed by atoms with Gasteiger partial charge in [0.05, 0.1) is 12.9 Å². The number of benzene rings is 2. The molecule has 0 unspecified atom stereocenters. The summed E-state index contributed by atoms with van der Waals surface area (Å²) < 4.78 is 12.3. The molecule has 3 aromatic rings. The highest BCUT2D eigenvalue weighted by Crippen LogP contribution is 2.33. The van der Waals surface area contributed by atoms with E-state index in [1.54, 1.807) is 12.3 Å². The van der Waals surface area contributed by atoms with Crippen LogP contribution in [0, 0.1) is 6.92 Å². The van der Waals surface area contributed by atoms with Crippen molar-refractivity contribution in [1.29, 1.82) is 0 Å². The van der Waals surface area contributed by atoms with Crippen molar-refractivity contribution in [3.63, 3.8) is 0 Å². The summed E-state index contributed by atoms with van der Waals surface area (Å²) in [5, 5.41) is 3.89. The van der Waals surface area contributed by atoms with Crippen LogP contribution in [0.4, 0.5) is 5.69 Å². The van der Waals surface area contributed by atoms with Gasteiger partial charge in [0.1, 0.15) is 11.3 Å². The number of halogens is 1. The second kappa shape index (κ2) is 7.79. The quantitative estimate of drug-likeness (QED) is 0.526. The number of carbonyl (C=O) groups is 1. The zero-order valence-corrected chi connectivity index (χ0v) is 16.5. The fourth-order valence-corrected chi connectivity index (χ4v) is 3.02. The molecule has 0 aliphatic carbocycles. The Balaban J connectivity index is 1.91. The number of nitrogens with one attached hydrogen (secondary N) is 1. The van der Waals surface area contributed by atoms with Gasteiger partial charge in [-0.2, -0.15) is 0 Å². The molecule has 3 rings (SSSR count). The molecule has 0 spiro atoms. The molecule has 0 bridgehead atoms. The molecular weight excluding hydrogens is 394 g/mol. The Morgan fingerprint density at radius 3 is 2.69 bits per heavy atom. The summed E-state index contributed by atoms with van der Waals surface area (Å²) >= 11 is 3.38. The van der Waals surface area contributed by atoms with Gasteiger partial charge in [0.15, 0.2) is 0 Å². The first-order valence-corrected chi connectivity index (χ1v) is 9.17. The molecule has 0 radical (unpaired) electrons. The van der Waals surface area contributed by atoms with Gasteiger partial charge in [-0.25, -0.2) is 0 Å². The number of allylic oxidation sites excluding steroid dienone is 1. The minimum Gasteiger partial charge on any atom is -0.493 e. The normalized spacial score (nSPS) is 11.6. The number of furan rings is 1. The van der Waals surface area contributed by atoms with Crippen LogP contribution in [-0.2, 0) is 4.79 Å². The van der Waals surface area contributed by atoms with Crippen LogP contribution in [-0.4, -0.2) is 12.5 Å². The van der Waals surface area contributed by atoms with Crippen LogP contribution in [0.25, 0.3) is 16.5 Å². The molecule has 134 valence electrons. The van der Waals surface area contributed by atoms with Gasteiger partial charge in [0.2, 0.25) is 5.91 Å². The lowest BCUT2D eigenvalue weighted by Gasteiger charge is -2.11. The SMILES string of the molecule is CCOc1cc2occ(C)c2cc1/C(C)=C/C(=O)Nc1ccc(Br)cc1. The zero-order valence-electron chi connectivity index (χ0n) is 14.9. The van der Waals surface area contributed by atoms with E-state index in [9.17, 15) is 4.79 Å². The highest BCUT2D eigenvalue weighted by molar-refractivity contribution is 9.10. The van der Waals surface area contributed by atoms with Gasteiger partial charge >= 0.3 is 0 Å². The number of ether oxygens (including phenoxy) is 1. The Labute approximate surface area is 161 Å². The molecule has 0 aliphatic rings. The van der Waals surface area contributed by atoms with Crippen molar-refractivity contribution in [2.45, 2.75) is 20.8 Å². The number of aryl methyl sites for hydroxylation is 1. The van der Waals surface area contributed by atoms with Crippen LogP contribution in [0.15, 0.2) is 57.6 Å². The molecule has 0 aliphatic heterocycles. The van der Waals surface area contributed by atoms with Crippen molar-refractivity contribution in [2.24, 2.45) is 0 Å². The van der Waals surface area contributed by atoms with Crippen LogP contribution in [0.3, 0.4) is 0 Å². The molecule has 0 fully saturated rings. The Bertz CT molecular complexity index is 971. The van der Waals surface area contributed by atoms with Crippen molar-refractivity contribution in [1.82, 2.24) is 0 Å². The summed E-state index contributed by atoms with van der Waals surface area (Å²) in [6, 6.07) is 11.3. The second-order valence-corrected chi connectivity index (χ2v) is 6.94. The van der Waals surface area contributed by atoms with Gasteiger partial charge in [-0.1, -0.05) is 15.9 Å². The van der Waals surface area contributed by atoms with Gasteiger partial charge in [-0.05, 0) is 62.2 Å². The summed E-state index contributed by atoms with van der Waals surface area (Å²) in [6.07, 6.45) is 3.31. The van der Waals surface area contributed by atoms with Crippen molar-refractivity contribution >= 4 is 44.1 Å². The maximum absolute atomic E-state index is 12.4. The molecule has 0 saturated carbocycles. The summed E-state index contributed by atoms with van der Waals surface area (Å²) in [7, 11) is 0. The first kappa shape index (κ1) is 18.3. The molecule has 5 heteroatoms. The highest BCUT2D eigenvalue weighted by atomic mass is 79.9. The fraction of sp³-hybridized carbons (Fsp3) is 0.190. The Hall–Kier alpha value is -2.53. The Morgan fingerprint density at radius 2 is 2.00 bits per heavy atom. The van der Waals surface area contributed by atoms with Gasteiger partial charge in [-0.3, -0.25) is 4.79 Å². The van der Waals surface area contributed by atoms with Crippen LogP contribution in [0.5, 0.6) is 5.75 Å². The van der Waals surface area contributed by atoms with E-state index in [2.05, 4.69) is 21.2 Å². The van der Waals surface area contributed by atoms with Crippen molar-refractivity contribution in [3.8, 4) is 5.75 Å². The Kier molecular flexibility index (Phi) is 5.47. The molecule has 0 atom stereocenters. The monoisotopic (exact) mass is 413 g/mol. The third-order valence-corrected chi connectivity index (χ3v) is 4.58. The predicted octanol–water partition coefficient (Wildman–Crippen LogP) is 5.94. The standard InChI is InChI=1S/C21H20BrNO3/c1-4-25-19-11-20-18(14(3)12-26-20)10-17(19)13(2)9-21(24)23-16-7-5-15(22)6-8-16/h5-12H,4H2,1-3H3,(H,23,24)/b13-9+. The van der Waals surface area contributed by atoms with Crippen molar-refractivity contribution in [3.05, 3.63) is 64.3 Å². The topological polar surface area (TPSA) is 51.5 Å². The van der Waals surface area contributed by atoms with E-state index in [1.807, 2.05) is 57.2 Å².